The predicted molar refractivity (Wildman–Crippen MR) is 91.9 cm³/mol. The van der Waals surface area contributed by atoms with Crippen LogP contribution in [0, 0.1) is 17.8 Å². The summed E-state index contributed by atoms with van der Waals surface area (Å²) in [4.78, 5) is 24.6. The van der Waals surface area contributed by atoms with Crippen molar-refractivity contribution in [2.75, 3.05) is 6.61 Å². The van der Waals surface area contributed by atoms with E-state index in [0.29, 0.717) is 24.2 Å². The van der Waals surface area contributed by atoms with Crippen LogP contribution >= 0.6 is 0 Å². The smallest absolute Gasteiger partial charge is 0.334 e. The number of esters is 2. The number of hydrogen-bond donors (Lipinski definition) is 1. The number of ether oxygens (including phenoxy) is 3. The molecule has 4 aliphatic rings. The summed E-state index contributed by atoms with van der Waals surface area (Å²) in [6.45, 7) is 9.81. The molecular weight excluding hydrogens is 336 g/mol. The lowest BCUT2D eigenvalue weighted by Gasteiger charge is -2.30. The molecule has 0 amide bonds. The van der Waals surface area contributed by atoms with Gasteiger partial charge in [0, 0.05) is 29.4 Å². The highest BCUT2D eigenvalue weighted by molar-refractivity contribution is 5.91. The van der Waals surface area contributed by atoms with Crippen LogP contribution in [0.4, 0.5) is 0 Å². The number of allylic oxidation sites excluding steroid dienone is 1. The van der Waals surface area contributed by atoms with Crippen LogP contribution in [0.5, 0.6) is 0 Å². The highest BCUT2D eigenvalue weighted by Gasteiger charge is 2.67. The topological polar surface area (TPSA) is 85.4 Å². The van der Waals surface area contributed by atoms with Crippen LogP contribution in [-0.2, 0) is 23.8 Å². The van der Waals surface area contributed by atoms with Crippen molar-refractivity contribution in [1.82, 2.24) is 0 Å². The summed E-state index contributed by atoms with van der Waals surface area (Å²) >= 11 is 0. The van der Waals surface area contributed by atoms with Gasteiger partial charge in [-0.05, 0) is 20.8 Å². The summed E-state index contributed by atoms with van der Waals surface area (Å²) in [6.07, 6.45) is 2.20. The maximum absolute atomic E-state index is 12.4. The first kappa shape index (κ1) is 17.5. The van der Waals surface area contributed by atoms with Crippen LogP contribution in [0.15, 0.2) is 35.5 Å². The van der Waals surface area contributed by atoms with Gasteiger partial charge in [-0.2, -0.15) is 0 Å². The third-order valence-electron chi connectivity index (χ3n) is 6.41. The quantitative estimate of drug-likeness (QED) is 0.349. The van der Waals surface area contributed by atoms with Crippen molar-refractivity contribution in [2.24, 2.45) is 17.8 Å². The predicted octanol–water partition coefficient (Wildman–Crippen LogP) is 1.69. The Morgan fingerprint density at radius 2 is 2.15 bits per heavy atom. The summed E-state index contributed by atoms with van der Waals surface area (Å²) in [5.41, 5.74) is 1.26. The van der Waals surface area contributed by atoms with E-state index in [-0.39, 0.29) is 11.8 Å². The highest BCUT2D eigenvalue weighted by Crippen LogP contribution is 2.58. The lowest BCUT2D eigenvalue weighted by atomic mass is 9.77. The average Bonchev–Trinajstić information content (AvgIpc) is 3.23. The van der Waals surface area contributed by atoms with E-state index in [1.54, 1.807) is 19.9 Å². The maximum atomic E-state index is 12.4. The number of aliphatic hydroxyl groups excluding tert-OH is 1. The molecule has 0 unspecified atom stereocenters. The summed E-state index contributed by atoms with van der Waals surface area (Å²) in [7, 11) is 0. The van der Waals surface area contributed by atoms with Crippen LogP contribution in [0.25, 0.3) is 0 Å². The number of carbonyl (C=O) groups is 2. The van der Waals surface area contributed by atoms with E-state index in [9.17, 15) is 14.7 Å². The van der Waals surface area contributed by atoms with Gasteiger partial charge in [-0.1, -0.05) is 24.3 Å². The van der Waals surface area contributed by atoms with Crippen molar-refractivity contribution in [3.05, 3.63) is 35.5 Å². The van der Waals surface area contributed by atoms with Gasteiger partial charge in [0.15, 0.2) is 0 Å². The molecule has 7 atom stereocenters. The number of epoxide rings is 1. The molecule has 1 N–H and O–H groups in total. The Balaban J connectivity index is 1.74. The fraction of sp³-hybridized carbons (Fsp3) is 0.600. The van der Waals surface area contributed by atoms with Gasteiger partial charge in [0.1, 0.15) is 17.8 Å². The Bertz CT molecular complexity index is 743. The van der Waals surface area contributed by atoms with Gasteiger partial charge in [-0.15, -0.1) is 0 Å². The molecule has 2 saturated heterocycles. The molecule has 0 aromatic heterocycles. The van der Waals surface area contributed by atoms with E-state index in [1.807, 2.05) is 13.0 Å². The molecule has 3 fully saturated rings. The second-order valence-electron chi connectivity index (χ2n) is 7.85. The fourth-order valence-corrected chi connectivity index (χ4v) is 4.89. The number of hydrogen-bond acceptors (Lipinski definition) is 6. The lowest BCUT2D eigenvalue weighted by molar-refractivity contribution is -0.148. The van der Waals surface area contributed by atoms with Crippen LogP contribution in [0.2, 0.25) is 0 Å². The molecule has 2 heterocycles. The van der Waals surface area contributed by atoms with Crippen molar-refractivity contribution in [2.45, 2.75) is 51.1 Å². The standard InChI is InChI=1S/C20H24O6/c1-5-9(2)18(22)25-13-7-20(8-24-20)16-12(21)6-10(3)14(16)17-15(13)11(4)19(23)26-17/h5-6,12-17,21H,4,7-8H2,1-3H3/b9-5-/t12-,13-,14+,15-,16-,17-,20-/m1/s1. The van der Waals surface area contributed by atoms with E-state index in [2.05, 4.69) is 6.58 Å². The molecule has 2 aliphatic heterocycles. The number of rotatable bonds is 2. The molecule has 6 nitrogen and oxygen atoms in total. The first-order valence-electron chi connectivity index (χ1n) is 9.03. The van der Waals surface area contributed by atoms with Crippen LogP contribution in [-0.4, -0.2) is 47.6 Å². The van der Waals surface area contributed by atoms with Crippen molar-refractivity contribution < 1.29 is 28.9 Å². The highest BCUT2D eigenvalue weighted by atomic mass is 16.6. The van der Waals surface area contributed by atoms with Crippen LogP contribution in [0.3, 0.4) is 0 Å². The van der Waals surface area contributed by atoms with Crippen molar-refractivity contribution in [1.29, 1.82) is 0 Å². The SMILES string of the molecule is C=C1C(=O)O[C@@H]2[C@H]3C(C)=C[C@@H](O)[C@H]3[C@]3(CO3)C[C@@H](OC(=O)/C(C)=C\C)[C@@H]12. The molecular formula is C20H24O6. The molecule has 0 aromatic rings. The Kier molecular flexibility index (Phi) is 3.90. The van der Waals surface area contributed by atoms with Crippen LogP contribution in [0.1, 0.15) is 27.2 Å². The second-order valence-corrected chi connectivity index (χ2v) is 7.85. The van der Waals surface area contributed by atoms with Gasteiger partial charge in [0.2, 0.25) is 0 Å². The van der Waals surface area contributed by atoms with Gasteiger partial charge >= 0.3 is 11.9 Å². The van der Waals surface area contributed by atoms with Crippen molar-refractivity contribution in [3.8, 4) is 0 Å². The molecule has 140 valence electrons. The Labute approximate surface area is 152 Å². The van der Waals surface area contributed by atoms with E-state index >= 15 is 0 Å². The third kappa shape index (κ3) is 2.39. The van der Waals surface area contributed by atoms with Gasteiger partial charge < -0.3 is 19.3 Å². The molecule has 1 saturated carbocycles. The monoisotopic (exact) mass is 360 g/mol. The molecule has 0 radical (unpaired) electrons. The van der Waals surface area contributed by atoms with E-state index in [4.69, 9.17) is 14.2 Å². The first-order chi connectivity index (χ1) is 12.3. The molecule has 26 heavy (non-hydrogen) atoms. The van der Waals surface area contributed by atoms with Crippen LogP contribution < -0.4 is 0 Å². The van der Waals surface area contributed by atoms with E-state index in [0.717, 1.165) is 5.57 Å². The third-order valence-corrected chi connectivity index (χ3v) is 6.41. The summed E-state index contributed by atoms with van der Waals surface area (Å²) in [5, 5.41) is 10.6. The minimum atomic E-state index is -0.664. The fourth-order valence-electron chi connectivity index (χ4n) is 4.89. The van der Waals surface area contributed by atoms with Crippen molar-refractivity contribution >= 4 is 11.9 Å². The summed E-state index contributed by atoms with van der Waals surface area (Å²) in [5.74, 6) is -1.67. The molecule has 6 heteroatoms. The second kappa shape index (κ2) is 5.79. The molecule has 2 aliphatic carbocycles. The van der Waals surface area contributed by atoms with Gasteiger partial charge in [-0.3, -0.25) is 0 Å². The summed E-state index contributed by atoms with van der Waals surface area (Å²) in [6, 6.07) is 0. The Morgan fingerprint density at radius 3 is 2.77 bits per heavy atom. The van der Waals surface area contributed by atoms with E-state index in [1.165, 1.54) is 0 Å². The van der Waals surface area contributed by atoms with Crippen molar-refractivity contribution in [3.63, 3.8) is 0 Å². The lowest BCUT2D eigenvalue weighted by Crippen LogP contribution is -2.39. The number of carbonyl (C=O) groups excluding carboxylic acids is 2. The minimum absolute atomic E-state index is 0.160. The number of fused-ring (bicyclic) bond motifs is 4. The Morgan fingerprint density at radius 1 is 1.46 bits per heavy atom. The zero-order valence-electron chi connectivity index (χ0n) is 15.2. The summed E-state index contributed by atoms with van der Waals surface area (Å²) < 4.78 is 17.3. The van der Waals surface area contributed by atoms with Gasteiger partial charge in [0.05, 0.1) is 18.6 Å². The molecule has 0 aromatic carbocycles. The zero-order chi connectivity index (χ0) is 18.8. The number of aliphatic hydroxyl groups is 1. The molecule has 0 bridgehead atoms. The minimum Gasteiger partial charge on any atom is -0.458 e. The Hall–Kier alpha value is -1.92. The van der Waals surface area contributed by atoms with E-state index < -0.39 is 41.8 Å². The van der Waals surface area contributed by atoms with Gasteiger partial charge in [-0.25, -0.2) is 9.59 Å². The molecule has 4 rings (SSSR count). The zero-order valence-corrected chi connectivity index (χ0v) is 15.2. The largest absolute Gasteiger partial charge is 0.458 e. The average molecular weight is 360 g/mol. The van der Waals surface area contributed by atoms with Gasteiger partial charge in [0.25, 0.3) is 0 Å². The molecule has 1 spiro atoms. The normalized spacial score (nSPS) is 44.2. The maximum Gasteiger partial charge on any atom is 0.334 e. The first-order valence-corrected chi connectivity index (χ1v) is 9.03.